The van der Waals surface area contributed by atoms with E-state index in [9.17, 15) is 9.59 Å². The number of benzene rings is 1. The summed E-state index contributed by atoms with van der Waals surface area (Å²) in [5.74, 6) is 0.632. The second-order valence-electron chi connectivity index (χ2n) is 7.07. The number of fused-ring (bicyclic) bond motifs is 4. The standard InChI is InChI=1S/C20H23N3O2/c24-19-8-4-7-18-17-11-16(13-23(18)19)12-22(14-17)20(25)21-10-9-15-5-2-1-3-6-15/h1-8,16-17H,9-14H2,(H,21,25)/t16-,17+/m0/s1. The number of likely N-dealkylation sites (tertiary alicyclic amines) is 1. The van der Waals surface area contributed by atoms with Gasteiger partial charge in [-0.15, -0.1) is 0 Å². The van der Waals surface area contributed by atoms with E-state index in [0.717, 1.165) is 31.6 Å². The summed E-state index contributed by atoms with van der Waals surface area (Å²) in [5, 5.41) is 3.04. The highest BCUT2D eigenvalue weighted by atomic mass is 16.2. The SMILES string of the molecule is O=C(NCCc1ccccc1)N1C[C@@H]2C[C@H](C1)c1cccc(=O)n1C2. The van der Waals surface area contributed by atoms with Gasteiger partial charge in [0.2, 0.25) is 0 Å². The van der Waals surface area contributed by atoms with Gasteiger partial charge in [-0.25, -0.2) is 4.79 Å². The number of pyridine rings is 1. The highest BCUT2D eigenvalue weighted by Crippen LogP contribution is 2.34. The normalized spacial score (nSPS) is 21.5. The van der Waals surface area contributed by atoms with Gasteiger partial charge in [0.05, 0.1) is 0 Å². The molecule has 2 aromatic rings. The van der Waals surface area contributed by atoms with Crippen molar-refractivity contribution in [2.75, 3.05) is 19.6 Å². The van der Waals surface area contributed by atoms with Crippen molar-refractivity contribution in [3.8, 4) is 0 Å². The van der Waals surface area contributed by atoms with Crippen LogP contribution >= 0.6 is 0 Å². The minimum Gasteiger partial charge on any atom is -0.338 e. The Morgan fingerprint density at radius 1 is 1.04 bits per heavy atom. The van der Waals surface area contributed by atoms with Crippen LogP contribution in [0.1, 0.15) is 23.6 Å². The molecule has 0 saturated carbocycles. The summed E-state index contributed by atoms with van der Waals surface area (Å²) in [5.41, 5.74) is 2.38. The zero-order valence-electron chi connectivity index (χ0n) is 14.2. The van der Waals surface area contributed by atoms with Crippen molar-refractivity contribution in [1.29, 1.82) is 0 Å². The summed E-state index contributed by atoms with van der Waals surface area (Å²) >= 11 is 0. The van der Waals surface area contributed by atoms with E-state index in [-0.39, 0.29) is 17.5 Å². The van der Waals surface area contributed by atoms with Gasteiger partial charge in [0.25, 0.3) is 5.56 Å². The fourth-order valence-corrected chi connectivity index (χ4v) is 4.13. The molecule has 1 saturated heterocycles. The molecule has 1 aromatic carbocycles. The lowest BCUT2D eigenvalue weighted by Crippen LogP contribution is -2.52. The average Bonchev–Trinajstić information content (AvgIpc) is 2.63. The van der Waals surface area contributed by atoms with Crippen molar-refractivity contribution in [3.05, 3.63) is 70.1 Å². The van der Waals surface area contributed by atoms with Gasteiger partial charge in [0.1, 0.15) is 0 Å². The number of carbonyl (C=O) groups is 1. The molecule has 130 valence electrons. The van der Waals surface area contributed by atoms with E-state index in [1.54, 1.807) is 6.07 Å². The summed E-state index contributed by atoms with van der Waals surface area (Å²) in [6.45, 7) is 2.79. The number of aromatic nitrogens is 1. The van der Waals surface area contributed by atoms with E-state index < -0.39 is 0 Å². The molecule has 5 heteroatoms. The fourth-order valence-electron chi connectivity index (χ4n) is 4.13. The Labute approximate surface area is 147 Å². The van der Waals surface area contributed by atoms with Crippen LogP contribution in [0.4, 0.5) is 4.79 Å². The molecule has 0 radical (unpaired) electrons. The second-order valence-corrected chi connectivity index (χ2v) is 7.07. The molecule has 5 nitrogen and oxygen atoms in total. The van der Waals surface area contributed by atoms with Crippen LogP contribution in [0.15, 0.2) is 53.3 Å². The van der Waals surface area contributed by atoms with E-state index in [1.165, 1.54) is 5.56 Å². The lowest BCUT2D eigenvalue weighted by molar-refractivity contribution is 0.131. The van der Waals surface area contributed by atoms with Crippen LogP contribution < -0.4 is 10.9 Å². The third-order valence-electron chi connectivity index (χ3n) is 5.30. The molecule has 1 fully saturated rings. The van der Waals surface area contributed by atoms with Crippen molar-refractivity contribution in [2.24, 2.45) is 5.92 Å². The average molecular weight is 337 g/mol. The number of hydrogen-bond acceptors (Lipinski definition) is 2. The van der Waals surface area contributed by atoms with Crippen LogP contribution in [0.5, 0.6) is 0 Å². The first-order valence-corrected chi connectivity index (χ1v) is 8.97. The highest BCUT2D eigenvalue weighted by Gasteiger charge is 2.36. The van der Waals surface area contributed by atoms with Gasteiger partial charge in [-0.05, 0) is 30.4 Å². The molecule has 0 aliphatic carbocycles. The first-order valence-electron chi connectivity index (χ1n) is 8.97. The molecular formula is C20H23N3O2. The Bertz CT molecular complexity index is 815. The minimum atomic E-state index is 0.0114. The quantitative estimate of drug-likeness (QED) is 0.934. The van der Waals surface area contributed by atoms with Gasteiger partial charge in [-0.3, -0.25) is 4.79 Å². The van der Waals surface area contributed by atoms with Crippen LogP contribution in [0.25, 0.3) is 0 Å². The lowest BCUT2D eigenvalue weighted by Gasteiger charge is -2.42. The van der Waals surface area contributed by atoms with Crippen molar-refractivity contribution in [3.63, 3.8) is 0 Å². The van der Waals surface area contributed by atoms with E-state index in [2.05, 4.69) is 17.4 Å². The number of amides is 2. The smallest absolute Gasteiger partial charge is 0.317 e. The maximum Gasteiger partial charge on any atom is 0.317 e. The number of hydrogen-bond donors (Lipinski definition) is 1. The molecular weight excluding hydrogens is 314 g/mol. The van der Waals surface area contributed by atoms with Gasteiger partial charge in [0, 0.05) is 43.9 Å². The Morgan fingerprint density at radius 2 is 1.88 bits per heavy atom. The second kappa shape index (κ2) is 6.75. The van der Waals surface area contributed by atoms with Crippen LogP contribution in [-0.4, -0.2) is 35.1 Å². The van der Waals surface area contributed by atoms with Crippen molar-refractivity contribution < 1.29 is 4.79 Å². The number of urea groups is 1. The third-order valence-corrected chi connectivity index (χ3v) is 5.30. The highest BCUT2D eigenvalue weighted by molar-refractivity contribution is 5.74. The molecule has 2 aliphatic heterocycles. The molecule has 1 N–H and O–H groups in total. The Balaban J connectivity index is 1.38. The molecule has 2 amide bonds. The molecule has 3 heterocycles. The van der Waals surface area contributed by atoms with Crippen molar-refractivity contribution in [1.82, 2.24) is 14.8 Å². The first kappa shape index (κ1) is 15.9. The molecule has 4 rings (SSSR count). The number of rotatable bonds is 3. The van der Waals surface area contributed by atoms with E-state index in [1.807, 2.05) is 39.8 Å². The fraction of sp³-hybridized carbons (Fsp3) is 0.400. The number of piperidine rings is 1. The van der Waals surface area contributed by atoms with Crippen LogP contribution in [0.3, 0.4) is 0 Å². The predicted octanol–water partition coefficient (Wildman–Crippen LogP) is 2.22. The van der Waals surface area contributed by atoms with Crippen LogP contribution in [-0.2, 0) is 13.0 Å². The number of carbonyl (C=O) groups excluding carboxylic acids is 1. The number of nitrogens with one attached hydrogen (secondary N) is 1. The Morgan fingerprint density at radius 3 is 2.72 bits per heavy atom. The van der Waals surface area contributed by atoms with E-state index in [0.29, 0.717) is 19.0 Å². The Kier molecular flexibility index (Phi) is 4.30. The van der Waals surface area contributed by atoms with E-state index >= 15 is 0 Å². The summed E-state index contributed by atoms with van der Waals surface area (Å²) in [4.78, 5) is 26.5. The summed E-state index contributed by atoms with van der Waals surface area (Å²) in [7, 11) is 0. The monoisotopic (exact) mass is 337 g/mol. The maximum absolute atomic E-state index is 12.5. The molecule has 0 unspecified atom stereocenters. The van der Waals surface area contributed by atoms with Crippen molar-refractivity contribution >= 4 is 6.03 Å². The van der Waals surface area contributed by atoms with Gasteiger partial charge < -0.3 is 14.8 Å². The van der Waals surface area contributed by atoms with E-state index in [4.69, 9.17) is 0 Å². The lowest BCUT2D eigenvalue weighted by atomic mass is 9.83. The molecule has 2 aliphatic rings. The van der Waals surface area contributed by atoms with Gasteiger partial charge in [-0.1, -0.05) is 36.4 Å². The van der Waals surface area contributed by atoms with Gasteiger partial charge in [0.15, 0.2) is 0 Å². The van der Waals surface area contributed by atoms with Gasteiger partial charge in [-0.2, -0.15) is 0 Å². The third kappa shape index (κ3) is 3.31. The summed E-state index contributed by atoms with van der Waals surface area (Å²) in [6, 6.07) is 15.7. The minimum absolute atomic E-state index is 0.0114. The van der Waals surface area contributed by atoms with Gasteiger partial charge >= 0.3 is 6.03 Å². The topological polar surface area (TPSA) is 54.3 Å². The first-order chi connectivity index (χ1) is 12.2. The van der Waals surface area contributed by atoms with Crippen molar-refractivity contribution in [2.45, 2.75) is 25.3 Å². The zero-order valence-corrected chi connectivity index (χ0v) is 14.2. The zero-order chi connectivity index (χ0) is 17.2. The Hall–Kier alpha value is -2.56. The summed E-state index contributed by atoms with van der Waals surface area (Å²) < 4.78 is 1.89. The number of nitrogens with zero attached hydrogens (tertiary/aromatic N) is 2. The van der Waals surface area contributed by atoms with Crippen LogP contribution in [0.2, 0.25) is 0 Å². The van der Waals surface area contributed by atoms with Crippen LogP contribution in [0, 0.1) is 5.92 Å². The molecule has 25 heavy (non-hydrogen) atoms. The molecule has 2 atom stereocenters. The molecule has 1 aromatic heterocycles. The summed E-state index contributed by atoms with van der Waals surface area (Å²) in [6.07, 6.45) is 1.91. The molecule has 0 spiro atoms. The molecule has 2 bridgehead atoms. The maximum atomic E-state index is 12.5. The predicted molar refractivity (Wildman–Crippen MR) is 96.7 cm³/mol. The largest absolute Gasteiger partial charge is 0.338 e.